The molecule has 50 heavy (non-hydrogen) atoms. The van der Waals surface area contributed by atoms with Crippen molar-refractivity contribution in [2.75, 3.05) is 0 Å². The Bertz CT molecular complexity index is 1400. The van der Waals surface area contributed by atoms with E-state index in [-0.39, 0.29) is 11.5 Å². The molecule has 0 aromatic heterocycles. The zero-order chi connectivity index (χ0) is 35.1. The molecule has 2 nitrogen and oxygen atoms in total. The van der Waals surface area contributed by atoms with E-state index in [2.05, 4.69) is 104 Å². The molecule has 0 saturated carbocycles. The predicted octanol–water partition coefficient (Wildman–Crippen LogP) is 14.2. The van der Waals surface area contributed by atoms with Gasteiger partial charge in [-0.3, -0.25) is 0 Å². The maximum Gasteiger partial charge on any atom is 0.0992 e. The van der Waals surface area contributed by atoms with E-state index >= 15 is 0 Å². The van der Waals surface area contributed by atoms with Gasteiger partial charge in [-0.2, -0.15) is 5.26 Å². The number of ether oxygens (including phenoxy) is 1. The summed E-state index contributed by atoms with van der Waals surface area (Å²) in [6.45, 7) is 2.72. The van der Waals surface area contributed by atoms with Gasteiger partial charge in [0, 0.05) is 10.4 Å². The fraction of sp³-hybridized carbons (Fsp3) is 0.468. The Labute approximate surface area is 309 Å². The highest BCUT2D eigenvalue weighted by Crippen LogP contribution is 2.44. The van der Waals surface area contributed by atoms with Gasteiger partial charge in [0.25, 0.3) is 0 Å². The summed E-state index contributed by atoms with van der Waals surface area (Å²) in [5.41, 5.74) is 4.94. The average Bonchev–Trinajstić information content (AvgIpc) is 3.16. The number of nitriles is 1. The van der Waals surface area contributed by atoms with Crippen LogP contribution in [0.5, 0.6) is 0 Å². The van der Waals surface area contributed by atoms with E-state index in [4.69, 9.17) is 16.3 Å². The molecule has 0 saturated heterocycles. The number of rotatable bonds is 25. The Balaban J connectivity index is 1.38. The molecule has 0 unspecified atom stereocenters. The van der Waals surface area contributed by atoms with Crippen molar-refractivity contribution in [1.29, 1.82) is 5.26 Å². The molecule has 0 heterocycles. The number of hydrogen-bond acceptors (Lipinski definition) is 2. The SMILES string of the molecule is CCCCCCCCCCCCCCCCCC[C@H](CC(c1ccccc1)(c1ccccc1)c1ccccc1)OCc1cc(Cl)cc(C#N)c1. The van der Waals surface area contributed by atoms with Crippen molar-refractivity contribution in [2.24, 2.45) is 0 Å². The van der Waals surface area contributed by atoms with E-state index in [1.165, 1.54) is 113 Å². The van der Waals surface area contributed by atoms with Crippen LogP contribution in [0.2, 0.25) is 5.02 Å². The molecule has 0 aliphatic rings. The second kappa shape index (κ2) is 23.2. The van der Waals surface area contributed by atoms with E-state index in [1.807, 2.05) is 12.1 Å². The van der Waals surface area contributed by atoms with Crippen LogP contribution in [0.4, 0.5) is 0 Å². The highest BCUT2D eigenvalue weighted by molar-refractivity contribution is 6.30. The lowest BCUT2D eigenvalue weighted by atomic mass is 9.66. The molecule has 0 fully saturated rings. The van der Waals surface area contributed by atoms with E-state index < -0.39 is 0 Å². The Kier molecular flexibility index (Phi) is 18.3. The number of unbranched alkanes of at least 4 members (excludes halogenated alkanes) is 15. The number of nitrogens with zero attached hydrogens (tertiary/aromatic N) is 1. The van der Waals surface area contributed by atoms with Crippen LogP contribution < -0.4 is 0 Å². The third-order valence-electron chi connectivity index (χ3n) is 10.3. The van der Waals surface area contributed by atoms with Gasteiger partial charge in [-0.05, 0) is 53.3 Å². The van der Waals surface area contributed by atoms with Crippen LogP contribution in [0.1, 0.15) is 150 Å². The van der Waals surface area contributed by atoms with E-state index in [1.54, 1.807) is 6.07 Å². The third-order valence-corrected chi connectivity index (χ3v) is 10.5. The van der Waals surface area contributed by atoms with Crippen molar-refractivity contribution >= 4 is 11.6 Å². The van der Waals surface area contributed by atoms with Crippen LogP contribution in [0.25, 0.3) is 0 Å². The third kappa shape index (κ3) is 13.1. The fourth-order valence-corrected chi connectivity index (χ4v) is 7.80. The normalized spacial score (nSPS) is 12.1. The molecular formula is C47H60ClNO. The first-order valence-electron chi connectivity index (χ1n) is 19.6. The van der Waals surface area contributed by atoms with Gasteiger partial charge in [-0.1, -0.05) is 212 Å². The zero-order valence-electron chi connectivity index (χ0n) is 30.6. The summed E-state index contributed by atoms with van der Waals surface area (Å²) < 4.78 is 6.86. The van der Waals surface area contributed by atoms with Crippen LogP contribution in [-0.4, -0.2) is 6.10 Å². The van der Waals surface area contributed by atoms with Crippen molar-refractivity contribution in [1.82, 2.24) is 0 Å². The monoisotopic (exact) mass is 689 g/mol. The maximum absolute atomic E-state index is 9.55. The van der Waals surface area contributed by atoms with Gasteiger partial charge in [0.1, 0.15) is 0 Å². The molecule has 0 aliphatic carbocycles. The first-order valence-corrected chi connectivity index (χ1v) is 20.0. The van der Waals surface area contributed by atoms with Crippen molar-refractivity contribution < 1.29 is 4.74 Å². The minimum atomic E-state index is -0.379. The van der Waals surface area contributed by atoms with Gasteiger partial charge in [0.2, 0.25) is 0 Å². The van der Waals surface area contributed by atoms with Crippen LogP contribution in [0.3, 0.4) is 0 Å². The van der Waals surface area contributed by atoms with E-state index in [9.17, 15) is 5.26 Å². The molecule has 0 radical (unpaired) electrons. The standard InChI is InChI=1S/C47H60ClNO/c1-2-3-4-5-6-7-8-9-10-11-12-13-14-15-16-26-33-46(50-39-41-34-40(38-49)35-45(48)36-41)37-47(42-27-20-17-21-28-42,43-29-22-18-23-30-43)44-31-24-19-25-32-44/h17-25,27-32,34-36,46H,2-16,26,33,37,39H2,1H3/t46-/m1/s1. The lowest BCUT2D eigenvalue weighted by Crippen LogP contribution is -2.35. The summed E-state index contributed by atoms with van der Waals surface area (Å²) in [6.07, 6.45) is 23.6. The Morgan fingerprint density at radius 1 is 0.580 bits per heavy atom. The van der Waals surface area contributed by atoms with E-state index in [0.717, 1.165) is 24.8 Å². The Hall–Kier alpha value is -3.38. The fourth-order valence-electron chi connectivity index (χ4n) is 7.54. The molecule has 0 bridgehead atoms. The van der Waals surface area contributed by atoms with Crippen molar-refractivity contribution in [3.05, 3.63) is 142 Å². The molecule has 0 N–H and O–H groups in total. The first kappa shape index (κ1) is 39.4. The van der Waals surface area contributed by atoms with Gasteiger partial charge in [-0.15, -0.1) is 0 Å². The lowest BCUT2D eigenvalue weighted by Gasteiger charge is -2.39. The molecule has 4 aromatic carbocycles. The first-order chi connectivity index (χ1) is 24.7. The van der Waals surface area contributed by atoms with Crippen molar-refractivity contribution in [2.45, 2.75) is 141 Å². The maximum atomic E-state index is 9.55. The van der Waals surface area contributed by atoms with Gasteiger partial charge < -0.3 is 4.74 Å². The highest BCUT2D eigenvalue weighted by atomic mass is 35.5. The Morgan fingerprint density at radius 3 is 1.42 bits per heavy atom. The molecule has 4 rings (SSSR count). The van der Waals surface area contributed by atoms with Gasteiger partial charge >= 0.3 is 0 Å². The molecule has 3 heteroatoms. The summed E-state index contributed by atoms with van der Waals surface area (Å²) in [5, 5.41) is 10.1. The highest BCUT2D eigenvalue weighted by Gasteiger charge is 2.38. The van der Waals surface area contributed by atoms with E-state index in [0.29, 0.717) is 17.2 Å². The summed E-state index contributed by atoms with van der Waals surface area (Å²) in [6, 6.07) is 40.6. The largest absolute Gasteiger partial charge is 0.373 e. The minimum Gasteiger partial charge on any atom is -0.373 e. The topological polar surface area (TPSA) is 33.0 Å². The lowest BCUT2D eigenvalue weighted by molar-refractivity contribution is 0.0194. The van der Waals surface area contributed by atoms with Crippen LogP contribution in [0.15, 0.2) is 109 Å². The Morgan fingerprint density at radius 2 is 1.00 bits per heavy atom. The summed E-state index contributed by atoms with van der Waals surface area (Å²) >= 11 is 6.40. The average molecular weight is 690 g/mol. The second-order valence-corrected chi connectivity index (χ2v) is 14.6. The van der Waals surface area contributed by atoms with Crippen molar-refractivity contribution in [3.8, 4) is 6.07 Å². The molecule has 266 valence electrons. The molecule has 1 atom stereocenters. The number of benzene rings is 4. The number of hydrogen-bond donors (Lipinski definition) is 0. The van der Waals surface area contributed by atoms with Gasteiger partial charge in [0.05, 0.1) is 24.3 Å². The summed E-state index contributed by atoms with van der Waals surface area (Å²) in [4.78, 5) is 0. The summed E-state index contributed by atoms with van der Waals surface area (Å²) in [5.74, 6) is 0. The van der Waals surface area contributed by atoms with Gasteiger partial charge in [0.15, 0.2) is 0 Å². The molecule has 0 amide bonds. The quantitative estimate of drug-likeness (QED) is 0.0512. The molecule has 0 aliphatic heterocycles. The minimum absolute atomic E-state index is 0.00628. The predicted molar refractivity (Wildman–Crippen MR) is 213 cm³/mol. The van der Waals surface area contributed by atoms with Crippen LogP contribution in [0, 0.1) is 11.3 Å². The second-order valence-electron chi connectivity index (χ2n) is 14.2. The number of halogens is 1. The molecular weight excluding hydrogens is 630 g/mol. The van der Waals surface area contributed by atoms with Crippen LogP contribution >= 0.6 is 11.6 Å². The van der Waals surface area contributed by atoms with Crippen LogP contribution in [-0.2, 0) is 16.8 Å². The zero-order valence-corrected chi connectivity index (χ0v) is 31.4. The smallest absolute Gasteiger partial charge is 0.0992 e. The van der Waals surface area contributed by atoms with Gasteiger partial charge in [-0.25, -0.2) is 0 Å². The molecule has 0 spiro atoms. The van der Waals surface area contributed by atoms with Crippen molar-refractivity contribution in [3.63, 3.8) is 0 Å². The summed E-state index contributed by atoms with van der Waals surface area (Å²) in [7, 11) is 0. The molecule has 4 aromatic rings.